The van der Waals surface area contributed by atoms with Crippen LogP contribution in [0.1, 0.15) is 16.1 Å². The van der Waals surface area contributed by atoms with Gasteiger partial charge in [0.15, 0.2) is 11.4 Å². The quantitative estimate of drug-likeness (QED) is 0.215. The second kappa shape index (κ2) is 8.37. The van der Waals surface area contributed by atoms with Gasteiger partial charge in [-0.15, -0.1) is 0 Å². The van der Waals surface area contributed by atoms with Crippen LogP contribution in [0.3, 0.4) is 0 Å². The topological polar surface area (TPSA) is 130 Å². The van der Waals surface area contributed by atoms with Crippen molar-refractivity contribution >= 4 is 33.9 Å². The molecule has 9 nitrogen and oxygen atoms in total. The molecule has 152 valence electrons. The Bertz CT molecular complexity index is 1380. The Labute approximate surface area is 175 Å². The number of anilines is 1. The number of hydrogen-bond donors (Lipinski definition) is 2. The van der Waals surface area contributed by atoms with Gasteiger partial charge >= 0.3 is 0 Å². The molecule has 1 aromatic heterocycles. The Kier molecular flexibility index (Phi) is 5.31. The molecule has 0 saturated carbocycles. The van der Waals surface area contributed by atoms with Crippen LogP contribution < -0.4 is 11.0 Å². The Morgan fingerprint density at radius 2 is 1.74 bits per heavy atom. The van der Waals surface area contributed by atoms with E-state index in [0.29, 0.717) is 16.6 Å². The van der Waals surface area contributed by atoms with Crippen LogP contribution in [0.15, 0.2) is 88.8 Å². The second-order valence-corrected chi connectivity index (χ2v) is 6.51. The van der Waals surface area contributed by atoms with Crippen molar-refractivity contribution in [2.24, 2.45) is 5.10 Å². The van der Waals surface area contributed by atoms with Crippen molar-refractivity contribution in [2.75, 3.05) is 5.43 Å². The molecule has 4 aromatic rings. The van der Waals surface area contributed by atoms with Crippen LogP contribution in [0.5, 0.6) is 0 Å². The summed E-state index contributed by atoms with van der Waals surface area (Å²) < 4.78 is 0. The van der Waals surface area contributed by atoms with Crippen molar-refractivity contribution in [3.8, 4) is 0 Å². The van der Waals surface area contributed by atoms with Gasteiger partial charge in [-0.05, 0) is 18.2 Å². The number of carbonyl (C=O) groups excluding carboxylic acids is 1. The molecular weight excluding hydrogens is 398 g/mol. The number of ketones is 1. The number of non-ortho nitro benzene ring substituents is 1. The highest BCUT2D eigenvalue weighted by Crippen LogP contribution is 2.17. The van der Waals surface area contributed by atoms with Gasteiger partial charge in [-0.1, -0.05) is 48.5 Å². The number of nitrogens with zero attached hydrogens (tertiary/aromatic N) is 3. The Balaban J connectivity index is 1.82. The maximum Gasteiger partial charge on any atom is 0.276 e. The molecule has 0 spiro atoms. The summed E-state index contributed by atoms with van der Waals surface area (Å²) in [7, 11) is 0. The molecule has 4 rings (SSSR count). The Morgan fingerprint density at radius 3 is 2.52 bits per heavy atom. The number of H-pyrrole nitrogens is 1. The van der Waals surface area contributed by atoms with Crippen molar-refractivity contribution in [1.29, 1.82) is 0 Å². The molecule has 0 saturated heterocycles. The van der Waals surface area contributed by atoms with Crippen molar-refractivity contribution in [3.05, 3.63) is 111 Å². The fraction of sp³-hybridized carbons (Fsp3) is 0. The predicted octanol–water partition coefficient (Wildman–Crippen LogP) is 3.53. The van der Waals surface area contributed by atoms with E-state index < -0.39 is 16.3 Å². The predicted molar refractivity (Wildman–Crippen MR) is 116 cm³/mol. The first-order valence-corrected chi connectivity index (χ1v) is 9.20. The average Bonchev–Trinajstić information content (AvgIpc) is 2.80. The molecule has 0 aliphatic rings. The van der Waals surface area contributed by atoms with Crippen molar-refractivity contribution in [2.45, 2.75) is 0 Å². The summed E-state index contributed by atoms with van der Waals surface area (Å²) in [5, 5.41) is 15.1. The average molecular weight is 413 g/mol. The number of carbonyl (C=O) groups is 1. The molecule has 1 heterocycles. The zero-order chi connectivity index (χ0) is 21.8. The number of para-hydroxylation sites is 2. The summed E-state index contributed by atoms with van der Waals surface area (Å²) in [4.78, 5) is 43.4. The van der Waals surface area contributed by atoms with E-state index in [-0.39, 0.29) is 22.8 Å². The zero-order valence-electron chi connectivity index (χ0n) is 16.0. The molecule has 0 radical (unpaired) electrons. The van der Waals surface area contributed by atoms with E-state index in [2.05, 4.69) is 20.5 Å². The van der Waals surface area contributed by atoms with Gasteiger partial charge in [0.25, 0.3) is 11.2 Å². The highest BCUT2D eigenvalue weighted by molar-refractivity contribution is 6.51. The van der Waals surface area contributed by atoms with Crippen LogP contribution in [-0.2, 0) is 0 Å². The van der Waals surface area contributed by atoms with Gasteiger partial charge in [0, 0.05) is 17.7 Å². The van der Waals surface area contributed by atoms with Gasteiger partial charge in [-0.3, -0.25) is 25.1 Å². The lowest BCUT2D eigenvalue weighted by atomic mass is 10.0. The zero-order valence-corrected chi connectivity index (χ0v) is 16.0. The van der Waals surface area contributed by atoms with Gasteiger partial charge in [0.05, 0.1) is 21.6 Å². The van der Waals surface area contributed by atoms with Gasteiger partial charge in [-0.25, -0.2) is 4.98 Å². The number of aromatic nitrogens is 2. The Morgan fingerprint density at radius 1 is 1.00 bits per heavy atom. The maximum atomic E-state index is 13.2. The highest BCUT2D eigenvalue weighted by atomic mass is 16.6. The molecule has 2 N–H and O–H groups in total. The van der Waals surface area contributed by atoms with E-state index in [1.807, 2.05) is 0 Å². The van der Waals surface area contributed by atoms with Crippen molar-refractivity contribution < 1.29 is 9.72 Å². The summed E-state index contributed by atoms with van der Waals surface area (Å²) in [6.07, 6.45) is 0. The normalized spacial score (nSPS) is 11.3. The van der Waals surface area contributed by atoms with Gasteiger partial charge < -0.3 is 4.98 Å². The number of nitro groups is 1. The number of nitro benzene ring substituents is 1. The van der Waals surface area contributed by atoms with Gasteiger partial charge in [-0.2, -0.15) is 5.10 Å². The van der Waals surface area contributed by atoms with E-state index in [1.165, 1.54) is 18.2 Å². The fourth-order valence-electron chi connectivity index (χ4n) is 2.94. The lowest BCUT2D eigenvalue weighted by Crippen LogP contribution is -2.27. The third-order valence-electron chi connectivity index (χ3n) is 4.43. The third-order valence-corrected chi connectivity index (χ3v) is 4.43. The number of aromatic amines is 1. The minimum Gasteiger partial charge on any atom is -0.319 e. The molecule has 0 bridgehead atoms. The minimum atomic E-state index is -0.581. The van der Waals surface area contributed by atoms with E-state index in [1.54, 1.807) is 60.7 Å². The first kappa shape index (κ1) is 19.6. The second-order valence-electron chi connectivity index (χ2n) is 6.51. The molecule has 0 aliphatic carbocycles. The summed E-state index contributed by atoms with van der Waals surface area (Å²) in [5.41, 5.74) is 3.14. The minimum absolute atomic E-state index is 0.141. The van der Waals surface area contributed by atoms with E-state index in [4.69, 9.17) is 0 Å². The standard InChI is InChI=1S/C22H15N5O4/c28-21(14-7-2-1-3-8-14)19(26-25-15-9-6-10-16(13-15)27(30)31)20-22(29)24-18-12-5-4-11-17(18)23-20/h1-13,25H,(H,24,29)/b26-19-. The van der Waals surface area contributed by atoms with Crippen LogP contribution in [-0.4, -0.2) is 26.4 Å². The SMILES string of the molecule is O=C(/C(=N\Nc1cccc([N+](=O)[O-])c1)c1nc2ccccc2[nH]c1=O)c1ccccc1. The Hall–Kier alpha value is -4.66. The largest absolute Gasteiger partial charge is 0.319 e. The lowest BCUT2D eigenvalue weighted by molar-refractivity contribution is -0.384. The molecule has 0 aliphatic heterocycles. The molecule has 0 atom stereocenters. The van der Waals surface area contributed by atoms with Gasteiger partial charge in [0.1, 0.15) is 0 Å². The van der Waals surface area contributed by atoms with Crippen LogP contribution >= 0.6 is 0 Å². The number of benzene rings is 3. The van der Waals surface area contributed by atoms with Gasteiger partial charge in [0.2, 0.25) is 5.78 Å². The van der Waals surface area contributed by atoms with Crippen molar-refractivity contribution in [1.82, 2.24) is 9.97 Å². The molecule has 9 heteroatoms. The molecule has 0 unspecified atom stereocenters. The van der Waals surface area contributed by atoms with Crippen LogP contribution in [0.2, 0.25) is 0 Å². The summed E-state index contributed by atoms with van der Waals surface area (Å²) in [6, 6.07) is 20.9. The van der Waals surface area contributed by atoms with Crippen LogP contribution in [0.4, 0.5) is 11.4 Å². The van der Waals surface area contributed by atoms with E-state index in [0.717, 1.165) is 0 Å². The van der Waals surface area contributed by atoms with E-state index in [9.17, 15) is 19.7 Å². The monoisotopic (exact) mass is 413 g/mol. The summed E-state index contributed by atoms with van der Waals surface area (Å²) >= 11 is 0. The van der Waals surface area contributed by atoms with Crippen molar-refractivity contribution in [3.63, 3.8) is 0 Å². The third kappa shape index (κ3) is 4.20. The first-order chi connectivity index (χ1) is 15.0. The number of hydrazone groups is 1. The number of hydrogen-bond acceptors (Lipinski definition) is 7. The number of nitrogens with one attached hydrogen (secondary N) is 2. The van der Waals surface area contributed by atoms with Crippen LogP contribution in [0, 0.1) is 10.1 Å². The fourth-order valence-corrected chi connectivity index (χ4v) is 2.94. The van der Waals surface area contributed by atoms with Crippen LogP contribution in [0.25, 0.3) is 11.0 Å². The highest BCUT2D eigenvalue weighted by Gasteiger charge is 2.22. The molecule has 3 aromatic carbocycles. The molecular formula is C22H15N5O4. The molecule has 0 amide bonds. The summed E-state index contributed by atoms with van der Waals surface area (Å²) in [6.45, 7) is 0. The number of fused-ring (bicyclic) bond motifs is 1. The molecule has 31 heavy (non-hydrogen) atoms. The smallest absolute Gasteiger partial charge is 0.276 e. The number of rotatable bonds is 6. The molecule has 0 fully saturated rings. The number of Topliss-reactive ketones (excluding diaryl/α,β-unsaturated/α-hetero) is 1. The lowest BCUT2D eigenvalue weighted by Gasteiger charge is -2.08. The summed E-state index contributed by atoms with van der Waals surface area (Å²) in [5.74, 6) is -0.521. The maximum absolute atomic E-state index is 13.2. The first-order valence-electron chi connectivity index (χ1n) is 9.20. The van der Waals surface area contributed by atoms with E-state index >= 15 is 0 Å².